The van der Waals surface area contributed by atoms with Crippen LogP contribution in [0.4, 0.5) is 0 Å². The minimum Gasteiger partial charge on any atom is -0.508 e. The third-order valence-electron chi connectivity index (χ3n) is 2.77. The van der Waals surface area contributed by atoms with Gasteiger partial charge in [0.15, 0.2) is 0 Å². The molecule has 2 rings (SSSR count). The van der Waals surface area contributed by atoms with Crippen molar-refractivity contribution < 1.29 is 9.90 Å². The highest BCUT2D eigenvalue weighted by Gasteiger charge is 2.03. The van der Waals surface area contributed by atoms with E-state index in [0.717, 1.165) is 11.3 Å². The predicted molar refractivity (Wildman–Crippen MR) is 82.0 cm³/mol. The Labute approximate surface area is 123 Å². The molecular formula is C16H17NO2S. The molecule has 0 aromatic heterocycles. The molecule has 0 unspecified atom stereocenters. The number of nitrogens with one attached hydrogen (secondary N) is 1. The Balaban J connectivity index is 1.68. The van der Waals surface area contributed by atoms with Gasteiger partial charge in [0.05, 0.1) is 5.75 Å². The van der Waals surface area contributed by atoms with Gasteiger partial charge in [-0.25, -0.2) is 0 Å². The monoisotopic (exact) mass is 287 g/mol. The number of hydrogen-bond donors (Lipinski definition) is 2. The minimum atomic E-state index is 0.00859. The second-order valence-corrected chi connectivity index (χ2v) is 5.42. The van der Waals surface area contributed by atoms with E-state index >= 15 is 0 Å². The van der Waals surface area contributed by atoms with Crippen LogP contribution >= 0.6 is 11.8 Å². The molecule has 104 valence electrons. The third-order valence-corrected chi connectivity index (χ3v) is 3.76. The van der Waals surface area contributed by atoms with E-state index in [9.17, 15) is 9.90 Å². The first-order valence-electron chi connectivity index (χ1n) is 6.46. The maximum absolute atomic E-state index is 11.7. The molecule has 2 aromatic rings. The summed E-state index contributed by atoms with van der Waals surface area (Å²) in [5.41, 5.74) is 1.22. The number of carbonyl (C=O) groups excluding carboxylic acids is 1. The number of phenols is 1. The molecule has 3 nitrogen and oxygen atoms in total. The summed E-state index contributed by atoms with van der Waals surface area (Å²) in [6.07, 6.45) is 0.837. The van der Waals surface area contributed by atoms with Crippen molar-refractivity contribution in [3.05, 3.63) is 60.2 Å². The number of phenolic OH excluding ortho intramolecular Hbond substituents is 1. The van der Waals surface area contributed by atoms with E-state index in [1.807, 2.05) is 36.4 Å². The van der Waals surface area contributed by atoms with Crippen LogP contribution in [0.25, 0.3) is 0 Å². The van der Waals surface area contributed by atoms with Gasteiger partial charge in [-0.15, -0.1) is 11.8 Å². The fourth-order valence-electron chi connectivity index (χ4n) is 1.76. The van der Waals surface area contributed by atoms with Crippen LogP contribution in [0.15, 0.2) is 59.5 Å². The van der Waals surface area contributed by atoms with Crippen molar-refractivity contribution in [1.82, 2.24) is 5.32 Å². The minimum absolute atomic E-state index is 0.00859. The highest BCUT2D eigenvalue weighted by molar-refractivity contribution is 8.00. The zero-order valence-corrected chi connectivity index (χ0v) is 11.9. The van der Waals surface area contributed by atoms with Gasteiger partial charge in [0.25, 0.3) is 0 Å². The average Bonchev–Trinajstić information content (AvgIpc) is 2.46. The molecule has 0 heterocycles. The normalized spacial score (nSPS) is 10.2. The lowest BCUT2D eigenvalue weighted by atomic mass is 10.1. The highest BCUT2D eigenvalue weighted by Crippen LogP contribution is 2.21. The van der Waals surface area contributed by atoms with E-state index in [1.54, 1.807) is 18.2 Å². The Hall–Kier alpha value is -1.94. The van der Waals surface area contributed by atoms with Crippen LogP contribution < -0.4 is 5.32 Å². The molecular weight excluding hydrogens is 270 g/mol. The molecule has 0 spiro atoms. The van der Waals surface area contributed by atoms with Gasteiger partial charge in [0.2, 0.25) is 5.91 Å². The van der Waals surface area contributed by atoms with Crippen molar-refractivity contribution in [2.75, 3.05) is 12.3 Å². The molecule has 0 bridgehead atoms. The number of thioether (sulfide) groups is 1. The molecule has 4 heteroatoms. The third kappa shape index (κ3) is 4.97. The van der Waals surface area contributed by atoms with Gasteiger partial charge in [0.1, 0.15) is 5.75 Å². The first kappa shape index (κ1) is 14.5. The first-order valence-corrected chi connectivity index (χ1v) is 7.45. The Morgan fingerprint density at radius 2 is 1.90 bits per heavy atom. The van der Waals surface area contributed by atoms with Crippen LogP contribution in [-0.2, 0) is 11.2 Å². The van der Waals surface area contributed by atoms with Crippen LogP contribution in [0.1, 0.15) is 5.56 Å². The molecule has 0 aliphatic heterocycles. The number of benzene rings is 2. The fraction of sp³-hybridized carbons (Fsp3) is 0.188. The largest absolute Gasteiger partial charge is 0.508 e. The van der Waals surface area contributed by atoms with Gasteiger partial charge in [-0.2, -0.15) is 0 Å². The standard InChI is InChI=1S/C16H17NO2S/c18-14-7-4-8-15(11-14)20-12-16(19)17-10-9-13-5-2-1-3-6-13/h1-8,11,18H,9-10,12H2,(H,17,19). The number of aromatic hydroxyl groups is 1. The molecule has 1 amide bonds. The summed E-state index contributed by atoms with van der Waals surface area (Å²) in [6.45, 7) is 0.642. The maximum atomic E-state index is 11.7. The number of carbonyl (C=O) groups is 1. The topological polar surface area (TPSA) is 49.3 Å². The SMILES string of the molecule is O=C(CSc1cccc(O)c1)NCCc1ccccc1. The molecule has 2 aromatic carbocycles. The molecule has 0 saturated heterocycles. The summed E-state index contributed by atoms with van der Waals surface area (Å²) in [7, 11) is 0. The van der Waals surface area contributed by atoms with Crippen molar-refractivity contribution in [2.24, 2.45) is 0 Å². The lowest BCUT2D eigenvalue weighted by Gasteiger charge is -2.05. The van der Waals surface area contributed by atoms with Crippen LogP contribution in [-0.4, -0.2) is 23.3 Å². The van der Waals surface area contributed by atoms with Crippen molar-refractivity contribution in [1.29, 1.82) is 0 Å². The van der Waals surface area contributed by atoms with Crippen LogP contribution in [0.3, 0.4) is 0 Å². The fourth-order valence-corrected chi connectivity index (χ4v) is 2.54. The molecule has 0 aliphatic rings. The van der Waals surface area contributed by atoms with E-state index in [-0.39, 0.29) is 11.7 Å². The van der Waals surface area contributed by atoms with Crippen LogP contribution in [0, 0.1) is 0 Å². The zero-order valence-electron chi connectivity index (χ0n) is 11.1. The number of rotatable bonds is 6. The van der Waals surface area contributed by atoms with Gasteiger partial charge in [-0.05, 0) is 30.2 Å². The van der Waals surface area contributed by atoms with Crippen molar-refractivity contribution >= 4 is 17.7 Å². The van der Waals surface area contributed by atoms with Gasteiger partial charge in [-0.1, -0.05) is 36.4 Å². The Kier molecular flexibility index (Phi) is 5.50. The lowest BCUT2D eigenvalue weighted by Crippen LogP contribution is -2.27. The van der Waals surface area contributed by atoms with E-state index < -0.39 is 0 Å². The number of hydrogen-bond acceptors (Lipinski definition) is 3. The highest BCUT2D eigenvalue weighted by atomic mass is 32.2. The smallest absolute Gasteiger partial charge is 0.230 e. The predicted octanol–water partition coefficient (Wildman–Crippen LogP) is 2.84. The van der Waals surface area contributed by atoms with Gasteiger partial charge in [-0.3, -0.25) is 4.79 Å². The molecule has 2 N–H and O–H groups in total. The number of amides is 1. The van der Waals surface area contributed by atoms with E-state index in [1.165, 1.54) is 17.3 Å². The quantitative estimate of drug-likeness (QED) is 0.803. The summed E-state index contributed by atoms with van der Waals surface area (Å²) in [5.74, 6) is 0.590. The first-order chi connectivity index (χ1) is 9.74. The van der Waals surface area contributed by atoms with Crippen LogP contribution in [0.2, 0.25) is 0 Å². The van der Waals surface area contributed by atoms with Crippen molar-refractivity contribution in [3.63, 3.8) is 0 Å². The van der Waals surface area contributed by atoms with Crippen molar-refractivity contribution in [2.45, 2.75) is 11.3 Å². The molecule has 0 aliphatic carbocycles. The zero-order chi connectivity index (χ0) is 14.2. The van der Waals surface area contributed by atoms with Crippen molar-refractivity contribution in [3.8, 4) is 5.75 Å². The maximum Gasteiger partial charge on any atom is 0.230 e. The molecule has 0 saturated carbocycles. The lowest BCUT2D eigenvalue weighted by molar-refractivity contribution is -0.118. The second kappa shape index (κ2) is 7.60. The summed E-state index contributed by atoms with van der Waals surface area (Å²) in [5, 5.41) is 12.2. The van der Waals surface area contributed by atoms with Gasteiger partial charge in [0, 0.05) is 11.4 Å². The van der Waals surface area contributed by atoms with E-state index in [2.05, 4.69) is 5.32 Å². The summed E-state index contributed by atoms with van der Waals surface area (Å²) < 4.78 is 0. The summed E-state index contributed by atoms with van der Waals surface area (Å²) in [6, 6.07) is 17.0. The van der Waals surface area contributed by atoms with E-state index in [4.69, 9.17) is 0 Å². The molecule has 0 radical (unpaired) electrons. The molecule has 0 atom stereocenters. The Morgan fingerprint density at radius 3 is 2.65 bits per heavy atom. The Bertz CT molecular complexity index is 557. The van der Waals surface area contributed by atoms with Gasteiger partial charge >= 0.3 is 0 Å². The van der Waals surface area contributed by atoms with E-state index in [0.29, 0.717) is 12.3 Å². The second-order valence-electron chi connectivity index (χ2n) is 4.37. The van der Waals surface area contributed by atoms with Gasteiger partial charge < -0.3 is 10.4 Å². The summed E-state index contributed by atoms with van der Waals surface area (Å²) >= 11 is 1.42. The Morgan fingerprint density at radius 1 is 1.10 bits per heavy atom. The molecule has 20 heavy (non-hydrogen) atoms. The molecule has 0 fully saturated rings. The average molecular weight is 287 g/mol. The van der Waals surface area contributed by atoms with Crippen LogP contribution in [0.5, 0.6) is 5.75 Å². The summed E-state index contributed by atoms with van der Waals surface area (Å²) in [4.78, 5) is 12.6.